The molecule has 0 amide bonds. The molecule has 19 heavy (non-hydrogen) atoms. The quantitative estimate of drug-likeness (QED) is 0.548. The molecule has 5 heteroatoms. The third kappa shape index (κ3) is 6.33. The molecule has 3 nitrogen and oxygen atoms in total. The lowest BCUT2D eigenvalue weighted by Crippen LogP contribution is -2.17. The number of carbonyl (C=O) groups excluding carboxylic acids is 1. The summed E-state index contributed by atoms with van der Waals surface area (Å²) in [6.07, 6.45) is 4.52. The van der Waals surface area contributed by atoms with E-state index >= 15 is 0 Å². The van der Waals surface area contributed by atoms with Gasteiger partial charge in [0.15, 0.2) is 0 Å². The van der Waals surface area contributed by atoms with Gasteiger partial charge in [0.1, 0.15) is 6.10 Å². The Kier molecular flexibility index (Phi) is 6.71. The van der Waals surface area contributed by atoms with E-state index in [0.717, 1.165) is 16.3 Å². The number of rotatable bonds is 5. The Morgan fingerprint density at radius 1 is 1.53 bits per heavy atom. The molecule has 0 bridgehead atoms. The molecule has 0 aliphatic rings. The molecule has 104 valence electrons. The van der Waals surface area contributed by atoms with Crippen molar-refractivity contribution in [1.82, 2.24) is 4.98 Å². The van der Waals surface area contributed by atoms with E-state index in [4.69, 9.17) is 4.74 Å². The average molecular weight is 391 g/mol. The summed E-state index contributed by atoms with van der Waals surface area (Å²) in [6.45, 7) is 7.41. The molecule has 0 aliphatic carbocycles. The van der Waals surface area contributed by atoms with Crippen LogP contribution in [0.3, 0.4) is 0 Å². The van der Waals surface area contributed by atoms with Gasteiger partial charge in [-0.05, 0) is 58.6 Å². The SMILES string of the molecule is CC(=O)O[C@@H](C/C=C(/C)I)/C(C)=C/c1csc(C)n1. The van der Waals surface area contributed by atoms with Gasteiger partial charge in [-0.3, -0.25) is 4.79 Å². The molecule has 0 fully saturated rings. The molecule has 0 spiro atoms. The Bertz CT molecular complexity index is 501. The van der Waals surface area contributed by atoms with E-state index in [1.54, 1.807) is 11.3 Å². The second-order valence-electron chi connectivity index (χ2n) is 4.30. The number of hydrogen-bond acceptors (Lipinski definition) is 4. The zero-order chi connectivity index (χ0) is 14.4. The first-order valence-electron chi connectivity index (χ1n) is 5.98. The lowest BCUT2D eigenvalue weighted by atomic mass is 10.1. The number of esters is 1. The molecule has 0 aromatic carbocycles. The summed E-state index contributed by atoms with van der Waals surface area (Å²) in [7, 11) is 0. The fourth-order valence-corrected chi connectivity index (χ4v) is 2.39. The van der Waals surface area contributed by atoms with Gasteiger partial charge in [0.05, 0.1) is 10.7 Å². The van der Waals surface area contributed by atoms with Gasteiger partial charge in [-0.2, -0.15) is 0 Å². The minimum absolute atomic E-state index is 0.218. The molecule has 1 aromatic heterocycles. The van der Waals surface area contributed by atoms with Crippen molar-refractivity contribution in [3.05, 3.63) is 31.3 Å². The third-order valence-electron chi connectivity index (χ3n) is 2.44. The predicted molar refractivity (Wildman–Crippen MR) is 88.5 cm³/mol. The molecule has 1 heterocycles. The van der Waals surface area contributed by atoms with Crippen LogP contribution in [-0.4, -0.2) is 17.1 Å². The first-order chi connectivity index (χ1) is 8.88. The maximum absolute atomic E-state index is 11.2. The summed E-state index contributed by atoms with van der Waals surface area (Å²) < 4.78 is 6.55. The van der Waals surface area contributed by atoms with E-state index in [-0.39, 0.29) is 12.1 Å². The van der Waals surface area contributed by atoms with E-state index in [0.29, 0.717) is 6.42 Å². The third-order valence-corrected chi connectivity index (χ3v) is 3.67. The molecule has 0 unspecified atom stereocenters. The maximum atomic E-state index is 11.2. The predicted octanol–water partition coefficient (Wildman–Crippen LogP) is 4.52. The van der Waals surface area contributed by atoms with Gasteiger partial charge in [0, 0.05) is 18.7 Å². The molecule has 1 atom stereocenters. The molecule has 0 saturated heterocycles. The van der Waals surface area contributed by atoms with Crippen molar-refractivity contribution in [2.75, 3.05) is 0 Å². The highest BCUT2D eigenvalue weighted by molar-refractivity contribution is 14.1. The molecule has 1 aromatic rings. The highest BCUT2D eigenvalue weighted by Crippen LogP contribution is 2.19. The van der Waals surface area contributed by atoms with Crippen molar-refractivity contribution < 1.29 is 9.53 Å². The normalized spacial score (nSPS) is 14.4. The Labute approximate surface area is 131 Å². The molecule has 1 rings (SSSR count). The van der Waals surface area contributed by atoms with E-state index < -0.39 is 0 Å². The second-order valence-corrected chi connectivity index (χ2v) is 7.07. The van der Waals surface area contributed by atoms with Gasteiger partial charge in [-0.15, -0.1) is 11.3 Å². The molecule has 0 N–H and O–H groups in total. The number of carbonyl (C=O) groups is 1. The summed E-state index contributed by atoms with van der Waals surface area (Å²) in [5.41, 5.74) is 1.93. The zero-order valence-corrected chi connectivity index (χ0v) is 14.5. The first kappa shape index (κ1) is 16.4. The highest BCUT2D eigenvalue weighted by atomic mass is 127. The van der Waals surface area contributed by atoms with Gasteiger partial charge in [0.25, 0.3) is 0 Å². The summed E-state index contributed by atoms with van der Waals surface area (Å²) in [5.74, 6) is -0.258. The van der Waals surface area contributed by atoms with Crippen LogP contribution in [0, 0.1) is 6.92 Å². The number of aromatic nitrogens is 1. The number of halogens is 1. The molecular weight excluding hydrogens is 373 g/mol. The van der Waals surface area contributed by atoms with Crippen LogP contribution in [0.15, 0.2) is 20.6 Å². The van der Waals surface area contributed by atoms with Gasteiger partial charge >= 0.3 is 5.97 Å². The zero-order valence-electron chi connectivity index (χ0n) is 11.6. The van der Waals surface area contributed by atoms with E-state index in [9.17, 15) is 4.79 Å². The van der Waals surface area contributed by atoms with Crippen LogP contribution in [0.25, 0.3) is 6.08 Å². The van der Waals surface area contributed by atoms with Crippen LogP contribution in [-0.2, 0) is 9.53 Å². The summed E-state index contributed by atoms with van der Waals surface area (Å²) in [6, 6.07) is 0. The fraction of sp³-hybridized carbons (Fsp3) is 0.429. The van der Waals surface area contributed by atoms with E-state index in [1.165, 1.54) is 10.5 Å². The van der Waals surface area contributed by atoms with Crippen LogP contribution >= 0.6 is 33.9 Å². The number of allylic oxidation sites excluding steroid dienone is 1. The van der Waals surface area contributed by atoms with Crippen molar-refractivity contribution in [2.24, 2.45) is 0 Å². The number of nitrogens with zero attached hydrogens (tertiary/aromatic N) is 1. The number of ether oxygens (including phenoxy) is 1. The maximum Gasteiger partial charge on any atom is 0.303 e. The number of thiazole rings is 1. The van der Waals surface area contributed by atoms with Crippen LogP contribution in [0.1, 0.15) is 37.9 Å². The summed E-state index contributed by atoms with van der Waals surface area (Å²) in [4.78, 5) is 15.6. The van der Waals surface area contributed by atoms with Crippen molar-refractivity contribution in [3.63, 3.8) is 0 Å². The number of hydrogen-bond donors (Lipinski definition) is 0. The van der Waals surface area contributed by atoms with Crippen LogP contribution in [0.5, 0.6) is 0 Å². The smallest absolute Gasteiger partial charge is 0.303 e. The summed E-state index contributed by atoms with van der Waals surface area (Å²) >= 11 is 3.86. The lowest BCUT2D eigenvalue weighted by molar-refractivity contribution is -0.144. The largest absolute Gasteiger partial charge is 0.458 e. The topological polar surface area (TPSA) is 39.2 Å². The molecular formula is C14H18INO2S. The van der Waals surface area contributed by atoms with Crippen LogP contribution in [0.4, 0.5) is 0 Å². The first-order valence-corrected chi connectivity index (χ1v) is 7.94. The van der Waals surface area contributed by atoms with Crippen LogP contribution in [0.2, 0.25) is 0 Å². The van der Waals surface area contributed by atoms with E-state index in [2.05, 4.69) is 33.7 Å². The Balaban J connectivity index is 2.86. The van der Waals surface area contributed by atoms with Crippen LogP contribution < -0.4 is 0 Å². The lowest BCUT2D eigenvalue weighted by Gasteiger charge is -2.16. The minimum Gasteiger partial charge on any atom is -0.458 e. The Morgan fingerprint density at radius 3 is 2.68 bits per heavy atom. The van der Waals surface area contributed by atoms with Gasteiger partial charge in [-0.25, -0.2) is 4.98 Å². The summed E-state index contributed by atoms with van der Waals surface area (Å²) in [5, 5.41) is 3.04. The van der Waals surface area contributed by atoms with Gasteiger partial charge in [0.2, 0.25) is 0 Å². The van der Waals surface area contributed by atoms with Crippen molar-refractivity contribution in [1.29, 1.82) is 0 Å². The molecule has 0 aliphatic heterocycles. The average Bonchev–Trinajstić information content (AvgIpc) is 2.69. The van der Waals surface area contributed by atoms with E-state index in [1.807, 2.05) is 32.2 Å². The minimum atomic E-state index is -0.258. The van der Waals surface area contributed by atoms with Gasteiger partial charge < -0.3 is 4.74 Å². The monoisotopic (exact) mass is 391 g/mol. The second kappa shape index (κ2) is 7.79. The standard InChI is InChI=1S/C14H18INO2S/c1-9(7-13-8-19-11(3)16-13)14(18-12(4)17)6-5-10(2)15/h5,7-8,14H,6H2,1-4H3/b9-7+,10-5-/t14-/m0/s1. The fourth-order valence-electron chi connectivity index (χ4n) is 1.57. The Morgan fingerprint density at radius 2 is 2.21 bits per heavy atom. The highest BCUT2D eigenvalue weighted by Gasteiger charge is 2.13. The van der Waals surface area contributed by atoms with Gasteiger partial charge in [-0.1, -0.05) is 6.08 Å². The van der Waals surface area contributed by atoms with Crippen molar-refractivity contribution >= 4 is 46.0 Å². The number of aryl methyl sites for hydroxylation is 1. The molecule has 0 saturated carbocycles. The van der Waals surface area contributed by atoms with Crippen molar-refractivity contribution in [3.8, 4) is 0 Å². The Hall–Kier alpha value is -0.690. The molecule has 0 radical (unpaired) electrons. The van der Waals surface area contributed by atoms with Crippen molar-refractivity contribution in [2.45, 2.75) is 40.2 Å².